The zero-order chi connectivity index (χ0) is 5.98. The van der Waals surface area contributed by atoms with Crippen molar-refractivity contribution in [2.45, 2.75) is 6.92 Å². The molecule has 0 aromatic heterocycles. The van der Waals surface area contributed by atoms with Crippen molar-refractivity contribution < 1.29 is 0 Å². The van der Waals surface area contributed by atoms with Gasteiger partial charge in [0.15, 0.2) is 0 Å². The average Bonchev–Trinajstić information content (AvgIpc) is 1.64. The third kappa shape index (κ3) is 0.992. The van der Waals surface area contributed by atoms with Crippen LogP contribution in [0.1, 0.15) is 6.92 Å². The molecule has 0 radical (unpaired) electrons. The Morgan fingerprint density at radius 3 is 2.88 bits per heavy atom. The van der Waals surface area contributed by atoms with E-state index in [1.165, 1.54) is 0 Å². The normalized spacial score (nSPS) is 17.8. The minimum Gasteiger partial charge on any atom is -0.287 e. The number of hydrogen-bond donors (Lipinski definition) is 1. The van der Waals surface area contributed by atoms with E-state index in [4.69, 9.17) is 0 Å². The van der Waals surface area contributed by atoms with Crippen LogP contribution in [0.15, 0.2) is 16.9 Å². The summed E-state index contributed by atoms with van der Waals surface area (Å²) in [5.41, 5.74) is 4.09. The summed E-state index contributed by atoms with van der Waals surface area (Å²) in [6.45, 7) is 1.99. The molecular formula is C5H9N3. The Morgan fingerprint density at radius 1 is 1.75 bits per heavy atom. The monoisotopic (exact) mass is 111 g/mol. The van der Waals surface area contributed by atoms with Gasteiger partial charge in [0.05, 0.1) is 6.21 Å². The molecule has 0 atom stereocenters. The fraction of sp³-hybridized carbons (Fsp3) is 0.400. The van der Waals surface area contributed by atoms with E-state index in [0.717, 1.165) is 5.70 Å². The maximum absolute atomic E-state index is 3.90. The molecule has 1 rings (SSSR count). The second-order valence-electron chi connectivity index (χ2n) is 1.75. The lowest BCUT2D eigenvalue weighted by Crippen LogP contribution is -2.30. The van der Waals surface area contributed by atoms with E-state index >= 15 is 0 Å². The van der Waals surface area contributed by atoms with Gasteiger partial charge in [0.2, 0.25) is 0 Å². The molecule has 0 saturated heterocycles. The van der Waals surface area contributed by atoms with Gasteiger partial charge in [-0.05, 0) is 13.0 Å². The Morgan fingerprint density at radius 2 is 2.50 bits per heavy atom. The first-order valence-corrected chi connectivity index (χ1v) is 2.50. The summed E-state index contributed by atoms with van der Waals surface area (Å²) >= 11 is 0. The molecule has 0 aromatic carbocycles. The molecule has 1 N–H and O–H groups in total. The van der Waals surface area contributed by atoms with Crippen LogP contribution in [0.5, 0.6) is 0 Å². The van der Waals surface area contributed by atoms with Gasteiger partial charge in [-0.2, -0.15) is 5.10 Å². The molecule has 3 heteroatoms. The number of hydrogen-bond acceptors (Lipinski definition) is 3. The molecule has 0 aromatic rings. The number of nitrogens with one attached hydrogen (secondary N) is 1. The van der Waals surface area contributed by atoms with Gasteiger partial charge < -0.3 is 0 Å². The van der Waals surface area contributed by atoms with Crippen LogP contribution in [0.2, 0.25) is 0 Å². The summed E-state index contributed by atoms with van der Waals surface area (Å²) in [5, 5.41) is 5.56. The second kappa shape index (κ2) is 1.86. The zero-order valence-electron chi connectivity index (χ0n) is 5.05. The molecule has 0 amide bonds. The maximum atomic E-state index is 3.90. The fourth-order valence-electron chi connectivity index (χ4n) is 0.566. The highest BCUT2D eigenvalue weighted by molar-refractivity contribution is 5.72. The summed E-state index contributed by atoms with van der Waals surface area (Å²) in [4.78, 5) is 0. The van der Waals surface area contributed by atoms with Crippen molar-refractivity contribution in [3.63, 3.8) is 0 Å². The summed E-state index contributed by atoms with van der Waals surface area (Å²) in [6.07, 6.45) is 3.67. The molecule has 1 heterocycles. The standard InChI is InChI=1S/C5H9N3/c1-5-3-4-6-8(2)7-5/h3-4,7H,1-2H3. The third-order valence-electron chi connectivity index (χ3n) is 0.903. The average molecular weight is 111 g/mol. The van der Waals surface area contributed by atoms with Crippen molar-refractivity contribution in [1.29, 1.82) is 0 Å². The van der Waals surface area contributed by atoms with Crippen molar-refractivity contribution >= 4 is 6.21 Å². The van der Waals surface area contributed by atoms with Crippen LogP contribution < -0.4 is 5.43 Å². The van der Waals surface area contributed by atoms with Gasteiger partial charge in [0, 0.05) is 12.7 Å². The van der Waals surface area contributed by atoms with Crippen LogP contribution >= 0.6 is 0 Å². The molecule has 0 unspecified atom stereocenters. The molecule has 0 bridgehead atoms. The van der Waals surface area contributed by atoms with Gasteiger partial charge in [-0.1, -0.05) is 0 Å². The van der Waals surface area contributed by atoms with Gasteiger partial charge in [-0.15, -0.1) is 0 Å². The van der Waals surface area contributed by atoms with Crippen molar-refractivity contribution in [3.8, 4) is 0 Å². The van der Waals surface area contributed by atoms with Crippen LogP contribution in [-0.2, 0) is 0 Å². The first-order valence-electron chi connectivity index (χ1n) is 2.50. The Balaban J connectivity index is 2.59. The van der Waals surface area contributed by atoms with Gasteiger partial charge >= 0.3 is 0 Å². The number of hydrazine groups is 1. The van der Waals surface area contributed by atoms with Crippen molar-refractivity contribution in [3.05, 3.63) is 11.8 Å². The number of hydrazone groups is 1. The largest absolute Gasteiger partial charge is 0.287 e. The molecule has 0 fully saturated rings. The predicted molar refractivity (Wildman–Crippen MR) is 33.1 cm³/mol. The maximum Gasteiger partial charge on any atom is 0.0508 e. The van der Waals surface area contributed by atoms with Crippen molar-refractivity contribution in [2.24, 2.45) is 5.10 Å². The van der Waals surface area contributed by atoms with Crippen molar-refractivity contribution in [1.82, 2.24) is 10.5 Å². The van der Waals surface area contributed by atoms with E-state index in [9.17, 15) is 0 Å². The lowest BCUT2D eigenvalue weighted by molar-refractivity contribution is 0.277. The molecule has 1 aliphatic heterocycles. The molecule has 0 saturated carbocycles. The highest BCUT2D eigenvalue weighted by Gasteiger charge is 1.93. The molecule has 0 spiro atoms. The van der Waals surface area contributed by atoms with E-state index in [2.05, 4.69) is 10.5 Å². The highest BCUT2D eigenvalue weighted by Crippen LogP contribution is 1.91. The van der Waals surface area contributed by atoms with E-state index in [-0.39, 0.29) is 0 Å². The smallest absolute Gasteiger partial charge is 0.0508 e. The third-order valence-corrected chi connectivity index (χ3v) is 0.903. The fourth-order valence-corrected chi connectivity index (χ4v) is 0.566. The second-order valence-corrected chi connectivity index (χ2v) is 1.75. The van der Waals surface area contributed by atoms with Gasteiger partial charge in [0.25, 0.3) is 0 Å². The summed E-state index contributed by atoms with van der Waals surface area (Å²) < 4.78 is 0. The first-order chi connectivity index (χ1) is 3.79. The van der Waals surface area contributed by atoms with E-state index in [0.29, 0.717) is 0 Å². The molecule has 44 valence electrons. The molecular weight excluding hydrogens is 102 g/mol. The molecule has 3 nitrogen and oxygen atoms in total. The van der Waals surface area contributed by atoms with Crippen LogP contribution in [0.3, 0.4) is 0 Å². The Bertz CT molecular complexity index is 137. The van der Waals surface area contributed by atoms with Crippen LogP contribution in [0, 0.1) is 0 Å². The van der Waals surface area contributed by atoms with Gasteiger partial charge in [-0.3, -0.25) is 5.43 Å². The zero-order valence-corrected chi connectivity index (χ0v) is 5.05. The lowest BCUT2D eigenvalue weighted by atomic mass is 10.4. The predicted octanol–water partition coefficient (Wildman–Crippen LogP) is 0.326. The van der Waals surface area contributed by atoms with Gasteiger partial charge in [-0.25, -0.2) is 5.12 Å². The van der Waals surface area contributed by atoms with E-state index in [1.54, 1.807) is 11.3 Å². The van der Waals surface area contributed by atoms with Gasteiger partial charge in [0.1, 0.15) is 0 Å². The highest BCUT2D eigenvalue weighted by atomic mass is 15.7. The quantitative estimate of drug-likeness (QED) is 0.487. The first kappa shape index (κ1) is 5.15. The SMILES string of the molecule is CC1=CC=NN(C)N1. The summed E-state index contributed by atoms with van der Waals surface area (Å²) in [6, 6.07) is 0. The van der Waals surface area contributed by atoms with Crippen molar-refractivity contribution in [2.75, 3.05) is 7.05 Å². The van der Waals surface area contributed by atoms with E-state index < -0.39 is 0 Å². The lowest BCUT2D eigenvalue weighted by Gasteiger charge is -2.17. The Hall–Kier alpha value is -0.990. The summed E-state index contributed by atoms with van der Waals surface area (Å²) in [5.74, 6) is 0. The Kier molecular flexibility index (Phi) is 1.20. The number of nitrogens with zero attached hydrogens (tertiary/aromatic N) is 2. The molecule has 1 aliphatic rings. The molecule has 0 aliphatic carbocycles. The number of rotatable bonds is 0. The topological polar surface area (TPSA) is 27.6 Å². The minimum absolute atomic E-state index is 1.11. The minimum atomic E-state index is 1.11. The van der Waals surface area contributed by atoms with Crippen LogP contribution in [0.4, 0.5) is 0 Å². The van der Waals surface area contributed by atoms with E-state index in [1.807, 2.05) is 20.0 Å². The Labute approximate surface area is 48.6 Å². The van der Waals surface area contributed by atoms with Crippen LogP contribution in [0.25, 0.3) is 0 Å². The number of allylic oxidation sites excluding steroid dienone is 2. The van der Waals surface area contributed by atoms with Crippen LogP contribution in [-0.4, -0.2) is 18.4 Å². The summed E-state index contributed by atoms with van der Waals surface area (Å²) in [7, 11) is 1.85. The molecule has 8 heavy (non-hydrogen) atoms.